The molecule has 20 heavy (non-hydrogen) atoms. The zero-order chi connectivity index (χ0) is 14.8. The molecule has 5 heteroatoms. The molecule has 0 saturated carbocycles. The van der Waals surface area contributed by atoms with Crippen LogP contribution in [-0.2, 0) is 11.3 Å². The second-order valence-corrected chi connectivity index (χ2v) is 6.64. The van der Waals surface area contributed by atoms with E-state index in [0.29, 0.717) is 6.54 Å². The predicted molar refractivity (Wildman–Crippen MR) is 83.0 cm³/mol. The topological polar surface area (TPSA) is 34.5 Å². The number of rotatable bonds is 4. The van der Waals surface area contributed by atoms with E-state index in [9.17, 15) is 4.79 Å². The molecule has 0 N–H and O–H groups in total. The lowest BCUT2D eigenvalue weighted by Gasteiger charge is -2.39. The summed E-state index contributed by atoms with van der Waals surface area (Å²) in [7, 11) is 1.73. The molecule has 0 aromatic carbocycles. The van der Waals surface area contributed by atoms with E-state index in [2.05, 4.69) is 29.8 Å². The molecule has 1 amide bonds. The van der Waals surface area contributed by atoms with E-state index in [1.807, 2.05) is 21.7 Å². The van der Waals surface area contributed by atoms with E-state index >= 15 is 0 Å². The Kier molecular flexibility index (Phi) is 4.91. The smallest absolute Gasteiger partial charge is 0.270 e. The van der Waals surface area contributed by atoms with Gasteiger partial charge in [-0.15, -0.1) is 0 Å². The van der Waals surface area contributed by atoms with Gasteiger partial charge in [0.25, 0.3) is 5.91 Å². The number of hydrogen-bond acceptors (Lipinski definition) is 2. The molecule has 0 radical (unpaired) electrons. The Bertz CT molecular complexity index is 486. The summed E-state index contributed by atoms with van der Waals surface area (Å²) in [4.78, 5) is 14.7. The molecule has 4 nitrogen and oxygen atoms in total. The highest BCUT2D eigenvalue weighted by atomic mass is 79.9. The van der Waals surface area contributed by atoms with Crippen molar-refractivity contribution in [3.8, 4) is 0 Å². The van der Waals surface area contributed by atoms with Gasteiger partial charge < -0.3 is 14.2 Å². The van der Waals surface area contributed by atoms with Gasteiger partial charge in [-0.1, -0.05) is 6.92 Å². The number of piperidine rings is 1. The second-order valence-electron chi connectivity index (χ2n) is 5.72. The van der Waals surface area contributed by atoms with E-state index in [-0.39, 0.29) is 11.5 Å². The maximum atomic E-state index is 12.7. The quantitative estimate of drug-likeness (QED) is 0.841. The molecule has 1 atom stereocenters. The minimum atomic E-state index is -0.215. The van der Waals surface area contributed by atoms with E-state index in [0.717, 1.165) is 42.5 Å². The molecule has 2 heterocycles. The minimum absolute atomic E-state index is 0.104. The van der Waals surface area contributed by atoms with Gasteiger partial charge in [0.1, 0.15) is 5.69 Å². The first kappa shape index (κ1) is 15.6. The summed E-state index contributed by atoms with van der Waals surface area (Å²) in [5, 5.41) is 0. The number of likely N-dealkylation sites (tertiary alicyclic amines) is 1. The lowest BCUT2D eigenvalue weighted by Crippen LogP contribution is -2.50. The zero-order valence-electron chi connectivity index (χ0n) is 12.5. The van der Waals surface area contributed by atoms with Crippen molar-refractivity contribution >= 4 is 21.8 Å². The van der Waals surface area contributed by atoms with Gasteiger partial charge in [0, 0.05) is 37.4 Å². The van der Waals surface area contributed by atoms with Crippen LogP contribution >= 0.6 is 15.9 Å². The fourth-order valence-corrected chi connectivity index (χ4v) is 3.25. The molecule has 0 bridgehead atoms. The first-order chi connectivity index (χ1) is 9.49. The van der Waals surface area contributed by atoms with Crippen LogP contribution in [0.4, 0.5) is 0 Å². The Morgan fingerprint density at radius 2 is 2.30 bits per heavy atom. The van der Waals surface area contributed by atoms with E-state index < -0.39 is 0 Å². The summed E-state index contributed by atoms with van der Waals surface area (Å²) < 4.78 is 8.56. The summed E-state index contributed by atoms with van der Waals surface area (Å²) in [5.74, 6) is 0.104. The summed E-state index contributed by atoms with van der Waals surface area (Å²) in [5.41, 5.74) is 0.548. The lowest BCUT2D eigenvalue weighted by atomic mass is 9.94. The Hall–Kier alpha value is -0.810. The number of aryl methyl sites for hydroxylation is 1. The van der Waals surface area contributed by atoms with Gasteiger partial charge in [-0.2, -0.15) is 0 Å². The van der Waals surface area contributed by atoms with E-state index in [1.54, 1.807) is 7.11 Å². The molecule has 0 spiro atoms. The van der Waals surface area contributed by atoms with Crippen molar-refractivity contribution in [3.05, 3.63) is 22.4 Å². The molecule has 112 valence electrons. The van der Waals surface area contributed by atoms with Gasteiger partial charge in [-0.3, -0.25) is 4.79 Å². The maximum absolute atomic E-state index is 12.7. The van der Waals surface area contributed by atoms with Crippen LogP contribution in [0.2, 0.25) is 0 Å². The lowest BCUT2D eigenvalue weighted by molar-refractivity contribution is -0.0442. The van der Waals surface area contributed by atoms with Gasteiger partial charge in [0.15, 0.2) is 0 Å². The van der Waals surface area contributed by atoms with Crippen LogP contribution < -0.4 is 0 Å². The second kappa shape index (κ2) is 6.31. The van der Waals surface area contributed by atoms with Gasteiger partial charge >= 0.3 is 0 Å². The van der Waals surface area contributed by atoms with Crippen LogP contribution in [0.3, 0.4) is 0 Å². The average Bonchev–Trinajstić information content (AvgIpc) is 2.79. The van der Waals surface area contributed by atoms with Crippen LogP contribution in [0.15, 0.2) is 16.7 Å². The molecular weight excluding hydrogens is 320 g/mol. The number of aromatic nitrogens is 1. The molecule has 1 aliphatic rings. The zero-order valence-corrected chi connectivity index (χ0v) is 14.1. The Balaban J connectivity index is 2.18. The normalized spacial score (nSPS) is 23.1. The monoisotopic (exact) mass is 342 g/mol. The van der Waals surface area contributed by atoms with Crippen molar-refractivity contribution in [3.63, 3.8) is 0 Å². The Labute approximate surface area is 129 Å². The van der Waals surface area contributed by atoms with Gasteiger partial charge in [0.05, 0.1) is 5.60 Å². The third-order valence-corrected chi connectivity index (χ3v) is 4.42. The fraction of sp³-hybridized carbons (Fsp3) is 0.667. The summed E-state index contributed by atoms with van der Waals surface area (Å²) in [6.45, 7) is 6.53. The van der Waals surface area contributed by atoms with Crippen LogP contribution in [0.25, 0.3) is 0 Å². The van der Waals surface area contributed by atoms with Crippen molar-refractivity contribution in [1.82, 2.24) is 9.47 Å². The first-order valence-corrected chi connectivity index (χ1v) is 7.98. The first-order valence-electron chi connectivity index (χ1n) is 7.19. The number of halogens is 1. The Morgan fingerprint density at radius 3 is 2.95 bits per heavy atom. The molecule has 1 unspecified atom stereocenters. The number of methoxy groups -OCH3 is 1. The molecule has 1 saturated heterocycles. The Morgan fingerprint density at radius 1 is 1.55 bits per heavy atom. The number of ether oxygens (including phenoxy) is 1. The highest BCUT2D eigenvalue weighted by Gasteiger charge is 2.34. The van der Waals surface area contributed by atoms with Crippen molar-refractivity contribution in [2.45, 2.75) is 45.3 Å². The van der Waals surface area contributed by atoms with Gasteiger partial charge in [-0.05, 0) is 48.2 Å². The number of carbonyl (C=O) groups excluding carboxylic acids is 1. The standard InChI is InChI=1S/C15H23BrN2O2/c1-4-7-17-10-12(16)9-13(17)14(19)18-8-5-6-15(2,11-18)20-3/h9-10H,4-8,11H2,1-3H3. The molecule has 1 aromatic heterocycles. The molecule has 1 aromatic rings. The number of carbonyl (C=O) groups is 1. The number of nitrogens with zero attached hydrogens (tertiary/aromatic N) is 2. The molecular formula is C15H23BrN2O2. The molecule has 2 rings (SSSR count). The summed E-state index contributed by atoms with van der Waals surface area (Å²) in [6.07, 6.45) is 4.99. The molecule has 1 aliphatic heterocycles. The average molecular weight is 343 g/mol. The van der Waals surface area contributed by atoms with Crippen LogP contribution in [0, 0.1) is 0 Å². The predicted octanol–water partition coefficient (Wildman–Crippen LogP) is 3.30. The fourth-order valence-electron chi connectivity index (χ4n) is 2.79. The van der Waals surface area contributed by atoms with Gasteiger partial charge in [-0.25, -0.2) is 0 Å². The number of amides is 1. The third kappa shape index (κ3) is 3.26. The highest BCUT2D eigenvalue weighted by molar-refractivity contribution is 9.10. The SMILES string of the molecule is CCCn1cc(Br)cc1C(=O)N1CCCC(C)(OC)C1. The van der Waals surface area contributed by atoms with Crippen molar-refractivity contribution in [2.75, 3.05) is 20.2 Å². The maximum Gasteiger partial charge on any atom is 0.270 e. The minimum Gasteiger partial charge on any atom is -0.377 e. The van der Waals surface area contributed by atoms with Gasteiger partial charge in [0.2, 0.25) is 0 Å². The highest BCUT2D eigenvalue weighted by Crippen LogP contribution is 2.26. The van der Waals surface area contributed by atoms with Crippen LogP contribution in [0.1, 0.15) is 43.6 Å². The number of hydrogen-bond donors (Lipinski definition) is 0. The van der Waals surface area contributed by atoms with Crippen LogP contribution in [-0.4, -0.2) is 41.2 Å². The van der Waals surface area contributed by atoms with E-state index in [1.165, 1.54) is 0 Å². The van der Waals surface area contributed by atoms with Crippen molar-refractivity contribution in [1.29, 1.82) is 0 Å². The molecule has 1 fully saturated rings. The van der Waals surface area contributed by atoms with E-state index in [4.69, 9.17) is 4.74 Å². The molecule has 0 aliphatic carbocycles. The van der Waals surface area contributed by atoms with Crippen molar-refractivity contribution < 1.29 is 9.53 Å². The largest absolute Gasteiger partial charge is 0.377 e. The summed E-state index contributed by atoms with van der Waals surface area (Å²) >= 11 is 3.47. The third-order valence-electron chi connectivity index (χ3n) is 3.99. The summed E-state index contributed by atoms with van der Waals surface area (Å²) in [6, 6.07) is 1.91. The van der Waals surface area contributed by atoms with Crippen molar-refractivity contribution in [2.24, 2.45) is 0 Å². The van der Waals surface area contributed by atoms with Crippen LogP contribution in [0.5, 0.6) is 0 Å².